The van der Waals surface area contributed by atoms with Crippen LogP contribution in [0, 0.1) is 0 Å². The molecule has 6 rings (SSSR count). The fraction of sp³-hybridized carbons (Fsp3) is 0.280. The van der Waals surface area contributed by atoms with Gasteiger partial charge >= 0.3 is 6.18 Å². The first-order chi connectivity index (χ1) is 16.4. The molecule has 1 aromatic heterocycles. The molecule has 0 fully saturated rings. The highest BCUT2D eigenvalue weighted by Gasteiger charge is 2.43. The summed E-state index contributed by atoms with van der Waals surface area (Å²) in [6, 6.07) is 15.3. The van der Waals surface area contributed by atoms with Gasteiger partial charge in [-0.05, 0) is 42.7 Å². The molecule has 3 aliphatic rings. The van der Waals surface area contributed by atoms with Crippen LogP contribution < -0.4 is 10.2 Å². The molecule has 3 aromatic rings. The fourth-order valence-electron chi connectivity index (χ4n) is 4.89. The van der Waals surface area contributed by atoms with E-state index in [0.717, 1.165) is 65.1 Å². The van der Waals surface area contributed by atoms with Crippen molar-refractivity contribution in [2.45, 2.75) is 38.1 Å². The Hall–Kier alpha value is -3.75. The van der Waals surface area contributed by atoms with Crippen molar-refractivity contribution in [2.24, 2.45) is 4.99 Å². The van der Waals surface area contributed by atoms with Gasteiger partial charge < -0.3 is 10.2 Å². The molecule has 0 saturated heterocycles. The topological polar surface area (TPSA) is 48.7 Å². The third kappa shape index (κ3) is 3.43. The van der Waals surface area contributed by atoms with E-state index in [9.17, 15) is 13.2 Å². The van der Waals surface area contributed by atoms with Crippen molar-refractivity contribution >= 4 is 23.3 Å². The number of nitrogens with zero attached hydrogens (tertiary/aromatic N) is 5. The van der Waals surface area contributed by atoms with Crippen molar-refractivity contribution in [3.05, 3.63) is 83.1 Å². The van der Waals surface area contributed by atoms with E-state index in [4.69, 9.17) is 10.1 Å². The molecular weight excluding hydrogens is 441 g/mol. The van der Waals surface area contributed by atoms with Crippen LogP contribution in [0.5, 0.6) is 0 Å². The SMILES string of the molecule is CN1Cc2c(nn(Cc3ccc(C(F)(F)F)cc3)c2Nc2ccccc2)N2C1=NC1=CCC[C@@H]12. The number of para-hydroxylation sites is 1. The number of aromatic nitrogens is 2. The van der Waals surface area contributed by atoms with Gasteiger partial charge in [0, 0.05) is 12.7 Å². The summed E-state index contributed by atoms with van der Waals surface area (Å²) in [4.78, 5) is 9.18. The fourth-order valence-corrected chi connectivity index (χ4v) is 4.89. The number of anilines is 3. The van der Waals surface area contributed by atoms with Crippen LogP contribution in [-0.2, 0) is 19.3 Å². The Morgan fingerprint density at radius 3 is 2.56 bits per heavy atom. The molecule has 34 heavy (non-hydrogen) atoms. The summed E-state index contributed by atoms with van der Waals surface area (Å²) in [5.74, 6) is 2.59. The number of benzene rings is 2. The van der Waals surface area contributed by atoms with E-state index < -0.39 is 11.7 Å². The summed E-state index contributed by atoms with van der Waals surface area (Å²) in [6.07, 6.45) is -0.186. The van der Waals surface area contributed by atoms with Gasteiger partial charge in [-0.2, -0.15) is 18.3 Å². The lowest BCUT2D eigenvalue weighted by molar-refractivity contribution is -0.137. The van der Waals surface area contributed by atoms with Gasteiger partial charge in [-0.1, -0.05) is 36.4 Å². The zero-order valence-electron chi connectivity index (χ0n) is 18.5. The molecule has 2 aromatic carbocycles. The van der Waals surface area contributed by atoms with Crippen LogP contribution in [0.15, 0.2) is 71.4 Å². The van der Waals surface area contributed by atoms with Gasteiger partial charge in [0.15, 0.2) is 5.82 Å². The number of allylic oxidation sites excluding steroid dienone is 1. The number of guanidine groups is 1. The molecule has 0 spiro atoms. The number of hydrogen-bond donors (Lipinski definition) is 1. The molecule has 0 bridgehead atoms. The largest absolute Gasteiger partial charge is 0.416 e. The third-order valence-electron chi connectivity index (χ3n) is 6.54. The second kappa shape index (κ2) is 7.65. The van der Waals surface area contributed by atoms with Crippen LogP contribution >= 0.6 is 0 Å². The summed E-state index contributed by atoms with van der Waals surface area (Å²) >= 11 is 0. The summed E-state index contributed by atoms with van der Waals surface area (Å²) in [5.41, 5.74) is 3.14. The average molecular weight is 464 g/mol. The van der Waals surface area contributed by atoms with Gasteiger partial charge in [-0.25, -0.2) is 9.67 Å². The Morgan fingerprint density at radius 2 is 1.82 bits per heavy atom. The molecule has 0 radical (unpaired) electrons. The minimum atomic E-state index is -4.36. The summed E-state index contributed by atoms with van der Waals surface area (Å²) in [6.45, 7) is 0.977. The molecule has 1 aliphatic carbocycles. The average Bonchev–Trinajstić information content (AvgIpc) is 3.49. The maximum atomic E-state index is 13.0. The molecular formula is C25H23F3N6. The van der Waals surface area contributed by atoms with Crippen LogP contribution in [0.4, 0.5) is 30.5 Å². The number of nitrogens with one attached hydrogen (secondary N) is 1. The molecule has 1 atom stereocenters. The Balaban J connectivity index is 1.42. The first kappa shape index (κ1) is 20.8. The van der Waals surface area contributed by atoms with Crippen LogP contribution in [0.3, 0.4) is 0 Å². The number of fused-ring (bicyclic) bond motifs is 5. The standard InChI is InChI=1S/C25H23F3N6/c1-32-15-19-22(29-18-6-3-2-4-7-18)33(14-16-10-12-17(13-11-16)25(26,27)28)31-23(19)34-21-9-5-8-20(21)30-24(32)34/h2-4,6-8,10-13,21,29H,5,9,14-15H2,1H3/t21-/m0/s1. The number of rotatable bonds is 4. The number of hydrogen-bond acceptors (Lipinski definition) is 5. The molecule has 1 N–H and O–H groups in total. The molecule has 2 aliphatic heterocycles. The zero-order valence-corrected chi connectivity index (χ0v) is 18.5. The quantitative estimate of drug-likeness (QED) is 0.565. The van der Waals surface area contributed by atoms with Gasteiger partial charge in [0.25, 0.3) is 0 Å². The smallest absolute Gasteiger partial charge is 0.341 e. The Bertz CT molecular complexity index is 1290. The molecule has 174 valence electrons. The maximum absolute atomic E-state index is 13.0. The molecule has 3 heterocycles. The highest BCUT2D eigenvalue weighted by atomic mass is 19.4. The van der Waals surface area contributed by atoms with Crippen LogP contribution in [0.25, 0.3) is 0 Å². The Morgan fingerprint density at radius 1 is 1.06 bits per heavy atom. The van der Waals surface area contributed by atoms with Crippen molar-refractivity contribution in [3.8, 4) is 0 Å². The lowest BCUT2D eigenvalue weighted by Gasteiger charge is -2.35. The number of alkyl halides is 3. The summed E-state index contributed by atoms with van der Waals surface area (Å²) in [5, 5.41) is 8.48. The van der Waals surface area contributed by atoms with Crippen molar-refractivity contribution in [1.82, 2.24) is 14.7 Å². The van der Waals surface area contributed by atoms with E-state index in [1.165, 1.54) is 12.1 Å². The molecule has 0 saturated carbocycles. The predicted molar refractivity (Wildman–Crippen MR) is 125 cm³/mol. The van der Waals surface area contributed by atoms with Crippen molar-refractivity contribution in [1.29, 1.82) is 0 Å². The van der Waals surface area contributed by atoms with E-state index in [1.807, 2.05) is 42.1 Å². The number of halogens is 3. The van der Waals surface area contributed by atoms with Crippen LogP contribution in [-0.4, -0.2) is 33.7 Å². The highest BCUT2D eigenvalue weighted by molar-refractivity contribution is 6.02. The highest BCUT2D eigenvalue weighted by Crippen LogP contribution is 2.42. The molecule has 6 nitrogen and oxygen atoms in total. The molecule has 0 unspecified atom stereocenters. The lowest BCUT2D eigenvalue weighted by atomic mass is 10.1. The van der Waals surface area contributed by atoms with Crippen LogP contribution in [0.2, 0.25) is 0 Å². The van der Waals surface area contributed by atoms with Crippen molar-refractivity contribution < 1.29 is 13.2 Å². The number of aliphatic imine (C=N–C) groups is 1. The first-order valence-corrected chi connectivity index (χ1v) is 11.3. The Kier molecular flexibility index (Phi) is 4.68. The monoisotopic (exact) mass is 464 g/mol. The van der Waals surface area contributed by atoms with Crippen LogP contribution in [0.1, 0.15) is 29.5 Å². The van der Waals surface area contributed by atoms with E-state index in [0.29, 0.717) is 13.1 Å². The normalized spacial score (nSPS) is 18.9. The third-order valence-corrected chi connectivity index (χ3v) is 6.54. The van der Waals surface area contributed by atoms with Gasteiger partial charge in [0.2, 0.25) is 5.96 Å². The van der Waals surface area contributed by atoms with Gasteiger partial charge in [-0.15, -0.1) is 0 Å². The van der Waals surface area contributed by atoms with Gasteiger partial charge in [-0.3, -0.25) is 4.90 Å². The predicted octanol–water partition coefficient (Wildman–Crippen LogP) is 5.36. The summed E-state index contributed by atoms with van der Waals surface area (Å²) in [7, 11) is 2.02. The van der Waals surface area contributed by atoms with E-state index in [-0.39, 0.29) is 6.04 Å². The second-order valence-electron chi connectivity index (χ2n) is 8.85. The zero-order chi connectivity index (χ0) is 23.4. The lowest BCUT2D eigenvalue weighted by Crippen LogP contribution is -2.47. The summed E-state index contributed by atoms with van der Waals surface area (Å²) < 4.78 is 40.9. The first-order valence-electron chi connectivity index (χ1n) is 11.3. The van der Waals surface area contributed by atoms with Crippen molar-refractivity contribution in [3.63, 3.8) is 0 Å². The van der Waals surface area contributed by atoms with Gasteiger partial charge in [0.1, 0.15) is 5.82 Å². The van der Waals surface area contributed by atoms with Crippen molar-refractivity contribution in [2.75, 3.05) is 17.3 Å². The second-order valence-corrected chi connectivity index (χ2v) is 8.85. The minimum Gasteiger partial charge on any atom is -0.341 e. The van der Waals surface area contributed by atoms with E-state index in [2.05, 4.69) is 21.2 Å². The Labute approximate surface area is 195 Å². The van der Waals surface area contributed by atoms with E-state index in [1.54, 1.807) is 0 Å². The molecule has 0 amide bonds. The van der Waals surface area contributed by atoms with Gasteiger partial charge in [0.05, 0.1) is 36.0 Å². The van der Waals surface area contributed by atoms with E-state index >= 15 is 0 Å². The maximum Gasteiger partial charge on any atom is 0.416 e. The molecule has 9 heteroatoms. The minimum absolute atomic E-state index is 0.176.